The van der Waals surface area contributed by atoms with E-state index in [9.17, 15) is 15.2 Å². The minimum atomic E-state index is -0.369. The van der Waals surface area contributed by atoms with Crippen molar-refractivity contribution in [2.75, 3.05) is 47.0 Å². The summed E-state index contributed by atoms with van der Waals surface area (Å²) < 4.78 is 10.7. The summed E-state index contributed by atoms with van der Waals surface area (Å²) in [5, 5.41) is 20.5. The molecule has 1 atom stereocenters. The molecule has 1 aliphatic heterocycles. The first kappa shape index (κ1) is 24.0. The summed E-state index contributed by atoms with van der Waals surface area (Å²) in [7, 11) is 3.27. The molecule has 174 valence electrons. The summed E-state index contributed by atoms with van der Waals surface area (Å²) in [6.45, 7) is 4.33. The highest BCUT2D eigenvalue weighted by Gasteiger charge is 2.25. The summed E-state index contributed by atoms with van der Waals surface area (Å²) in [4.78, 5) is 15.3. The molecule has 1 saturated heterocycles. The van der Waals surface area contributed by atoms with E-state index >= 15 is 0 Å². The number of aliphatic hydroxyl groups is 1. The van der Waals surface area contributed by atoms with Crippen LogP contribution in [0.4, 0.5) is 5.69 Å². The number of nitro benzene ring substituents is 1. The van der Waals surface area contributed by atoms with Gasteiger partial charge in [-0.05, 0) is 49.1 Å². The fraction of sp³-hybridized carbons (Fsp3) is 0.500. The quantitative estimate of drug-likeness (QED) is 0.422. The largest absolute Gasteiger partial charge is 0.493 e. The van der Waals surface area contributed by atoms with Crippen LogP contribution in [0.2, 0.25) is 0 Å². The first-order valence-electron chi connectivity index (χ1n) is 11.1. The highest BCUT2D eigenvalue weighted by atomic mass is 16.6. The van der Waals surface area contributed by atoms with Gasteiger partial charge in [0.05, 0.1) is 25.7 Å². The maximum absolute atomic E-state index is 10.9. The third kappa shape index (κ3) is 6.41. The van der Waals surface area contributed by atoms with E-state index in [4.69, 9.17) is 9.47 Å². The highest BCUT2D eigenvalue weighted by molar-refractivity contribution is 5.43. The third-order valence-corrected chi connectivity index (χ3v) is 6.07. The zero-order valence-electron chi connectivity index (χ0n) is 18.9. The van der Waals surface area contributed by atoms with Gasteiger partial charge in [-0.3, -0.25) is 19.9 Å². The second-order valence-corrected chi connectivity index (χ2v) is 8.15. The summed E-state index contributed by atoms with van der Waals surface area (Å²) in [5.41, 5.74) is 2.37. The van der Waals surface area contributed by atoms with Crippen LogP contribution in [0, 0.1) is 10.1 Å². The summed E-state index contributed by atoms with van der Waals surface area (Å²) in [5.74, 6) is 1.45. The Kier molecular flexibility index (Phi) is 8.84. The van der Waals surface area contributed by atoms with Crippen LogP contribution < -0.4 is 9.47 Å². The van der Waals surface area contributed by atoms with Crippen LogP contribution in [0.25, 0.3) is 0 Å². The number of methoxy groups -OCH3 is 2. The third-order valence-electron chi connectivity index (χ3n) is 6.07. The van der Waals surface area contributed by atoms with E-state index in [-0.39, 0.29) is 17.2 Å². The molecule has 8 nitrogen and oxygen atoms in total. The van der Waals surface area contributed by atoms with Crippen molar-refractivity contribution in [2.24, 2.45) is 0 Å². The molecule has 0 bridgehead atoms. The van der Waals surface area contributed by atoms with Gasteiger partial charge < -0.3 is 14.6 Å². The Morgan fingerprint density at radius 1 is 1.09 bits per heavy atom. The number of non-ortho nitro benzene ring substituents is 1. The van der Waals surface area contributed by atoms with Crippen molar-refractivity contribution in [3.8, 4) is 11.5 Å². The molecule has 2 aromatic carbocycles. The van der Waals surface area contributed by atoms with E-state index in [0.717, 1.165) is 62.5 Å². The second-order valence-electron chi connectivity index (χ2n) is 8.15. The Hall–Kier alpha value is -2.68. The molecule has 1 N–H and O–H groups in total. The molecule has 1 aliphatic rings. The summed E-state index contributed by atoms with van der Waals surface area (Å²) in [6, 6.07) is 13.2. The van der Waals surface area contributed by atoms with Crippen molar-refractivity contribution in [3.63, 3.8) is 0 Å². The Morgan fingerprint density at radius 3 is 2.47 bits per heavy atom. The van der Waals surface area contributed by atoms with Crippen LogP contribution in [0.5, 0.6) is 11.5 Å². The minimum absolute atomic E-state index is 0.120. The molecular weight excluding hydrogens is 410 g/mol. The lowest BCUT2D eigenvalue weighted by Gasteiger charge is -2.39. The van der Waals surface area contributed by atoms with Gasteiger partial charge in [0.15, 0.2) is 11.5 Å². The van der Waals surface area contributed by atoms with Crippen molar-refractivity contribution < 1.29 is 19.5 Å². The number of nitro groups is 1. The van der Waals surface area contributed by atoms with Gasteiger partial charge in [-0.2, -0.15) is 0 Å². The van der Waals surface area contributed by atoms with Crippen LogP contribution in [0.1, 0.15) is 24.0 Å². The summed E-state index contributed by atoms with van der Waals surface area (Å²) in [6.07, 6.45) is 3.05. The van der Waals surface area contributed by atoms with Gasteiger partial charge in [0.2, 0.25) is 0 Å². The lowest BCUT2D eigenvalue weighted by atomic mass is 10.0. The molecule has 0 spiro atoms. The molecule has 1 heterocycles. The zero-order chi connectivity index (χ0) is 22.9. The second kappa shape index (κ2) is 11.8. The van der Waals surface area contributed by atoms with Gasteiger partial charge in [-0.15, -0.1) is 0 Å². The lowest BCUT2D eigenvalue weighted by Crippen LogP contribution is -2.49. The average Bonchev–Trinajstić information content (AvgIpc) is 2.82. The predicted molar refractivity (Wildman–Crippen MR) is 123 cm³/mol. The Morgan fingerprint density at radius 2 is 1.81 bits per heavy atom. The van der Waals surface area contributed by atoms with Crippen molar-refractivity contribution >= 4 is 5.69 Å². The molecule has 8 heteroatoms. The molecule has 2 aromatic rings. The Bertz CT molecular complexity index is 874. The first-order chi connectivity index (χ1) is 15.5. The molecule has 1 fully saturated rings. The predicted octanol–water partition coefficient (Wildman–Crippen LogP) is 3.11. The van der Waals surface area contributed by atoms with Crippen LogP contribution in [0.3, 0.4) is 0 Å². The van der Waals surface area contributed by atoms with E-state index in [1.54, 1.807) is 26.4 Å². The number of likely N-dealkylation sites (tertiary alicyclic amines) is 1. The number of nitrogens with zero attached hydrogens (tertiary/aromatic N) is 3. The van der Waals surface area contributed by atoms with E-state index in [0.29, 0.717) is 12.6 Å². The number of hydrogen-bond donors (Lipinski definition) is 1. The van der Waals surface area contributed by atoms with Crippen LogP contribution >= 0.6 is 0 Å². The van der Waals surface area contributed by atoms with Gasteiger partial charge in [0.25, 0.3) is 5.69 Å². The Balaban J connectivity index is 1.60. The molecular formula is C24H33N3O5. The number of aliphatic hydroxyl groups excluding tert-OH is 1. The number of piperidine rings is 1. The van der Waals surface area contributed by atoms with E-state index in [2.05, 4.69) is 15.9 Å². The van der Waals surface area contributed by atoms with Gasteiger partial charge in [0.1, 0.15) is 0 Å². The molecule has 3 rings (SSSR count). The van der Waals surface area contributed by atoms with Gasteiger partial charge >= 0.3 is 0 Å². The molecule has 0 saturated carbocycles. The standard InChI is InChI=1S/C24H33N3O5/c1-31-23-10-7-19(16-24(23)32-2)11-13-26(14-15-28)22-4-3-12-25(18-22)17-20-5-8-21(9-6-20)27(29)30/h5-10,16,22,28H,3-4,11-15,17-18H2,1-2H3. The van der Waals surface area contributed by atoms with Crippen molar-refractivity contribution in [1.29, 1.82) is 0 Å². The first-order valence-corrected chi connectivity index (χ1v) is 11.1. The highest BCUT2D eigenvalue weighted by Crippen LogP contribution is 2.28. The van der Waals surface area contributed by atoms with Crippen LogP contribution in [-0.2, 0) is 13.0 Å². The van der Waals surface area contributed by atoms with Gasteiger partial charge in [-0.25, -0.2) is 0 Å². The van der Waals surface area contributed by atoms with E-state index < -0.39 is 0 Å². The summed E-state index contributed by atoms with van der Waals surface area (Å²) >= 11 is 0. The maximum Gasteiger partial charge on any atom is 0.269 e. The van der Waals surface area contributed by atoms with Crippen LogP contribution in [0.15, 0.2) is 42.5 Å². The molecule has 0 aliphatic carbocycles. The fourth-order valence-electron chi connectivity index (χ4n) is 4.37. The normalized spacial score (nSPS) is 16.8. The smallest absolute Gasteiger partial charge is 0.269 e. The van der Waals surface area contributed by atoms with Crippen molar-refractivity contribution in [1.82, 2.24) is 9.80 Å². The minimum Gasteiger partial charge on any atom is -0.493 e. The van der Waals surface area contributed by atoms with E-state index in [1.165, 1.54) is 5.56 Å². The monoisotopic (exact) mass is 443 g/mol. The number of ether oxygens (including phenoxy) is 2. The average molecular weight is 444 g/mol. The van der Waals surface area contributed by atoms with Crippen molar-refractivity contribution in [3.05, 3.63) is 63.7 Å². The molecule has 0 aromatic heterocycles. The molecule has 0 amide bonds. The Labute approximate surface area is 189 Å². The molecule has 1 unspecified atom stereocenters. The van der Waals surface area contributed by atoms with Gasteiger partial charge in [-0.1, -0.05) is 18.2 Å². The van der Waals surface area contributed by atoms with E-state index in [1.807, 2.05) is 24.3 Å². The SMILES string of the molecule is COc1ccc(CCN(CCO)C2CCCN(Cc3ccc([N+](=O)[O-])cc3)C2)cc1OC. The molecule has 0 radical (unpaired) electrons. The fourth-order valence-corrected chi connectivity index (χ4v) is 4.37. The zero-order valence-corrected chi connectivity index (χ0v) is 18.9. The number of hydrogen-bond acceptors (Lipinski definition) is 7. The van der Waals surface area contributed by atoms with Crippen LogP contribution in [-0.4, -0.2) is 72.9 Å². The number of benzene rings is 2. The maximum atomic E-state index is 10.9. The lowest BCUT2D eigenvalue weighted by molar-refractivity contribution is -0.384. The van der Waals surface area contributed by atoms with Crippen molar-refractivity contribution in [2.45, 2.75) is 31.8 Å². The topological polar surface area (TPSA) is 88.3 Å². The molecule has 32 heavy (non-hydrogen) atoms. The van der Waals surface area contributed by atoms with Gasteiger partial charge in [0, 0.05) is 44.4 Å². The number of rotatable bonds is 11.